The monoisotopic (exact) mass is 896 g/mol. The van der Waals surface area contributed by atoms with Crippen molar-refractivity contribution in [2.24, 2.45) is 0 Å². The molecule has 0 atom stereocenters. The van der Waals surface area contributed by atoms with Crippen LogP contribution in [0.3, 0.4) is 0 Å². The highest BCUT2D eigenvalue weighted by molar-refractivity contribution is 6.27. The maximum Gasteiger partial charge on any atom is 0.0699 e. The first-order valence-electron chi connectivity index (χ1n) is 24.4. The van der Waals surface area contributed by atoms with Gasteiger partial charge in [-0.2, -0.15) is 0 Å². The van der Waals surface area contributed by atoms with Crippen molar-refractivity contribution in [1.82, 2.24) is 0 Å². The van der Waals surface area contributed by atoms with Crippen LogP contribution >= 0.6 is 0 Å². The van der Waals surface area contributed by atoms with Crippen LogP contribution in [-0.2, 0) is 0 Å². The lowest BCUT2D eigenvalue weighted by Gasteiger charge is -2.41. The van der Waals surface area contributed by atoms with Crippen molar-refractivity contribution in [1.29, 1.82) is 0 Å². The topological polar surface area (TPSA) is 13.0 Å². The van der Waals surface area contributed by atoms with Gasteiger partial charge in [-0.15, -0.1) is 0 Å². The van der Waals surface area contributed by atoms with E-state index >= 15 is 0 Å². The summed E-state index contributed by atoms with van der Waals surface area (Å²) in [5.74, 6) is 0. The van der Waals surface area contributed by atoms with E-state index in [0.717, 1.165) is 35.6 Å². The van der Waals surface area contributed by atoms with Gasteiger partial charge in [0.25, 0.3) is 0 Å². The maximum atomic E-state index is 2.51. The fourth-order valence-corrected chi connectivity index (χ4v) is 12.0. The summed E-state index contributed by atoms with van der Waals surface area (Å²) < 4.78 is 0. The summed E-state index contributed by atoms with van der Waals surface area (Å²) in [4.78, 5) is 9.69. The highest BCUT2D eigenvalue weighted by atomic mass is 15.3. The van der Waals surface area contributed by atoms with Gasteiger partial charge in [0.15, 0.2) is 0 Å². The Bertz CT molecular complexity index is 3960. The Hall–Kier alpha value is -8.86. The van der Waals surface area contributed by atoms with Gasteiger partial charge in [0.05, 0.1) is 39.8 Å². The van der Waals surface area contributed by atoms with E-state index in [9.17, 15) is 0 Å². The smallest absolute Gasteiger partial charge is 0.0699 e. The average molecular weight is 897 g/mol. The van der Waals surface area contributed by atoms with Crippen LogP contribution in [0.2, 0.25) is 0 Å². The van der Waals surface area contributed by atoms with Gasteiger partial charge in [-0.25, -0.2) is 0 Å². The second kappa shape index (κ2) is 15.9. The molecule has 1 aliphatic carbocycles. The van der Waals surface area contributed by atoms with Crippen LogP contribution in [0.15, 0.2) is 242 Å². The molecule has 0 aromatic heterocycles. The molecule has 2 heterocycles. The second-order valence-electron chi connectivity index (χ2n) is 18.8. The van der Waals surface area contributed by atoms with Crippen molar-refractivity contribution in [2.75, 3.05) is 33.7 Å². The molecule has 0 amide bonds. The largest absolute Gasteiger partial charge is 0.345 e. The lowest BCUT2D eigenvalue weighted by molar-refractivity contribution is 0.849. The molecular formula is C66H48N4. The van der Waals surface area contributed by atoms with Crippen LogP contribution < -0.4 is 19.6 Å². The van der Waals surface area contributed by atoms with E-state index in [1.807, 2.05) is 0 Å². The number of nitrogens with zero attached hydrogens (tertiary/aromatic N) is 4. The van der Waals surface area contributed by atoms with Crippen LogP contribution in [0.25, 0.3) is 76.5 Å². The normalized spacial score (nSPS) is 14.1. The number of para-hydroxylation sites is 6. The van der Waals surface area contributed by atoms with Crippen molar-refractivity contribution in [3.8, 4) is 33.4 Å². The Morgan fingerprint density at radius 3 is 1.49 bits per heavy atom. The molecule has 0 unspecified atom stereocenters. The summed E-state index contributed by atoms with van der Waals surface area (Å²) in [6, 6.07) is 81.2. The molecule has 11 aromatic rings. The summed E-state index contributed by atoms with van der Waals surface area (Å²) in [6.07, 6.45) is 6.69. The Balaban J connectivity index is 1.13. The Morgan fingerprint density at radius 2 is 0.829 bits per heavy atom. The first-order chi connectivity index (χ1) is 34.6. The molecule has 0 fully saturated rings. The number of benzene rings is 11. The number of hydrogen-bond acceptors (Lipinski definition) is 4. The standard InChI is InChI=1S/C66H48N4/c1-67-57-27-10-14-31-61(57)69(62-32-15-11-28-58(62)67)45-36-38-54-55(41-45)65(51-26-18-22-44-21-6-7-23-47(44)51)53-37-35-46(70-63-33-16-12-29-59(63)68(2)60-30-13-17-34-64(60)70)42-56(53)66(54)52-40-39-48(43-19-4-3-5-20-43)49-24-8-9-25-50(49)52/h3-10,12-27,29-42H,11,28H2,1-2H3. The fourth-order valence-electron chi connectivity index (χ4n) is 12.0. The van der Waals surface area contributed by atoms with Crippen molar-refractivity contribution >= 4 is 88.6 Å². The third-order valence-electron chi connectivity index (χ3n) is 15.2. The van der Waals surface area contributed by atoms with Crippen LogP contribution in [0.5, 0.6) is 0 Å². The van der Waals surface area contributed by atoms with Crippen molar-refractivity contribution in [3.05, 3.63) is 242 Å². The molecule has 4 heteroatoms. The third-order valence-corrected chi connectivity index (χ3v) is 15.2. The summed E-state index contributed by atoms with van der Waals surface area (Å²) in [7, 11) is 4.40. The third kappa shape index (κ3) is 6.03. The fraction of sp³-hybridized carbons (Fsp3) is 0.0606. The van der Waals surface area contributed by atoms with Gasteiger partial charge in [0.1, 0.15) is 0 Å². The quantitative estimate of drug-likeness (QED) is 0.160. The zero-order chi connectivity index (χ0) is 46.5. The van der Waals surface area contributed by atoms with E-state index < -0.39 is 0 Å². The first kappa shape index (κ1) is 40.2. The van der Waals surface area contributed by atoms with Crippen LogP contribution in [0.4, 0.5) is 45.5 Å². The number of fused-ring (bicyclic) bond motifs is 7. The van der Waals surface area contributed by atoms with E-state index in [-0.39, 0.29) is 0 Å². The molecule has 0 saturated carbocycles. The predicted molar refractivity (Wildman–Crippen MR) is 298 cm³/mol. The van der Waals surface area contributed by atoms with E-state index in [1.165, 1.54) is 111 Å². The molecular weight excluding hydrogens is 849 g/mol. The van der Waals surface area contributed by atoms with Gasteiger partial charge >= 0.3 is 0 Å². The van der Waals surface area contributed by atoms with Crippen LogP contribution in [-0.4, -0.2) is 14.1 Å². The van der Waals surface area contributed by atoms with Crippen LogP contribution in [0, 0.1) is 0 Å². The minimum atomic E-state index is 0.993. The van der Waals surface area contributed by atoms with E-state index in [4.69, 9.17) is 0 Å². The molecule has 3 aliphatic rings. The summed E-state index contributed by atoms with van der Waals surface area (Å²) >= 11 is 0. The molecule has 14 rings (SSSR count). The van der Waals surface area contributed by atoms with Gasteiger partial charge < -0.3 is 19.6 Å². The summed E-state index contributed by atoms with van der Waals surface area (Å²) in [6.45, 7) is 0. The second-order valence-corrected chi connectivity index (χ2v) is 18.8. The molecule has 332 valence electrons. The van der Waals surface area contributed by atoms with Crippen molar-refractivity contribution in [3.63, 3.8) is 0 Å². The summed E-state index contributed by atoms with van der Waals surface area (Å²) in [5.41, 5.74) is 19.2. The van der Waals surface area contributed by atoms with Gasteiger partial charge in [-0.1, -0.05) is 164 Å². The van der Waals surface area contributed by atoms with E-state index in [0.29, 0.717) is 0 Å². The minimum Gasteiger partial charge on any atom is -0.345 e. The minimum absolute atomic E-state index is 0.993. The lowest BCUT2D eigenvalue weighted by Crippen LogP contribution is -2.32. The first-order valence-corrected chi connectivity index (χ1v) is 24.4. The SMILES string of the molecule is CN1C2=C(C=CCC2)N(c2ccc3c(-c4ccc(-c5ccccc5)c5ccccc45)c4cc(N5c6ccccc6N(C)c6ccccc65)ccc4c(-c4cccc5ccccc45)c3c2)c2ccccc21. The molecule has 0 spiro atoms. The number of hydrogen-bond donors (Lipinski definition) is 0. The predicted octanol–water partition coefficient (Wildman–Crippen LogP) is 18.0. The van der Waals surface area contributed by atoms with Gasteiger partial charge in [-0.3, -0.25) is 0 Å². The Kier molecular flexibility index (Phi) is 9.12. The molecule has 11 aromatic carbocycles. The zero-order valence-electron chi connectivity index (χ0n) is 39.1. The molecule has 0 radical (unpaired) electrons. The van der Waals surface area contributed by atoms with Crippen molar-refractivity contribution in [2.45, 2.75) is 12.8 Å². The molecule has 2 aliphatic heterocycles. The van der Waals surface area contributed by atoms with Gasteiger partial charge in [0.2, 0.25) is 0 Å². The number of allylic oxidation sites excluding steroid dienone is 3. The Labute approximate surface area is 408 Å². The zero-order valence-corrected chi connectivity index (χ0v) is 39.1. The highest BCUT2D eigenvalue weighted by Gasteiger charge is 2.32. The van der Waals surface area contributed by atoms with E-state index in [2.05, 4.69) is 264 Å². The lowest BCUT2D eigenvalue weighted by atomic mass is 9.82. The summed E-state index contributed by atoms with van der Waals surface area (Å²) in [5, 5.41) is 9.77. The molecule has 4 nitrogen and oxygen atoms in total. The number of anilines is 8. The number of rotatable bonds is 5. The maximum absolute atomic E-state index is 2.51. The molecule has 0 bridgehead atoms. The van der Waals surface area contributed by atoms with Crippen molar-refractivity contribution < 1.29 is 0 Å². The average Bonchev–Trinajstić information content (AvgIpc) is 3.42. The Morgan fingerprint density at radius 1 is 0.343 bits per heavy atom. The molecule has 0 N–H and O–H groups in total. The highest BCUT2D eigenvalue weighted by Crippen LogP contribution is 2.55. The van der Waals surface area contributed by atoms with Gasteiger partial charge in [-0.05, 0) is 156 Å². The molecule has 70 heavy (non-hydrogen) atoms. The molecule has 0 saturated heterocycles. The van der Waals surface area contributed by atoms with Crippen LogP contribution in [0.1, 0.15) is 12.8 Å². The van der Waals surface area contributed by atoms with E-state index in [1.54, 1.807) is 0 Å². The van der Waals surface area contributed by atoms with Gasteiger partial charge in [0, 0.05) is 31.2 Å².